The fourth-order valence-electron chi connectivity index (χ4n) is 3.89. The molecule has 2 atom stereocenters. The summed E-state index contributed by atoms with van der Waals surface area (Å²) in [6.07, 6.45) is 28.2. The van der Waals surface area contributed by atoms with Crippen LogP contribution in [0.15, 0.2) is 12.2 Å². The highest BCUT2D eigenvalue weighted by Gasteiger charge is 2.34. The Morgan fingerprint density at radius 2 is 1.07 bits per heavy atom. The van der Waals surface area contributed by atoms with Crippen molar-refractivity contribution in [1.82, 2.24) is 0 Å². The van der Waals surface area contributed by atoms with E-state index >= 15 is 0 Å². The quantitative estimate of drug-likeness (QED) is 0.0812. The maximum atomic E-state index is 11.4. The van der Waals surface area contributed by atoms with Crippen molar-refractivity contribution in [3.8, 4) is 0 Å². The van der Waals surface area contributed by atoms with Crippen LogP contribution in [0.4, 0.5) is 0 Å². The third kappa shape index (κ3) is 19.5. The van der Waals surface area contributed by atoms with E-state index in [0.29, 0.717) is 4.48 Å². The van der Waals surface area contributed by atoms with Crippen LogP contribution in [-0.2, 0) is 4.57 Å². The van der Waals surface area contributed by atoms with Gasteiger partial charge in [-0.05, 0) is 19.3 Å². The van der Waals surface area contributed by atoms with Crippen LogP contribution >= 0.6 is 8.03 Å². The zero-order valence-corrected chi connectivity index (χ0v) is 21.1. The summed E-state index contributed by atoms with van der Waals surface area (Å²) in [5.74, 6) is -0.277. The molecule has 0 saturated heterocycles. The lowest BCUT2D eigenvalue weighted by molar-refractivity contribution is -0.883. The molecule has 0 rings (SSSR count). The summed E-state index contributed by atoms with van der Waals surface area (Å²) in [6.45, 7) is 2.28. The number of allylic oxidation sites excluding steroid dienone is 2. The van der Waals surface area contributed by atoms with Crippen molar-refractivity contribution in [2.45, 2.75) is 128 Å². The van der Waals surface area contributed by atoms with E-state index < -0.39 is 8.03 Å². The van der Waals surface area contributed by atoms with E-state index in [0.717, 1.165) is 19.3 Å². The Balaban J connectivity index is 3.35. The van der Waals surface area contributed by atoms with Gasteiger partial charge in [0.15, 0.2) is 0 Å². The van der Waals surface area contributed by atoms with Crippen LogP contribution in [0, 0.1) is 0 Å². The molecule has 0 aromatic heterocycles. The molecule has 0 N–H and O–H groups in total. The third-order valence-corrected chi connectivity index (χ3v) is 7.31. The molecule has 0 aliphatic carbocycles. The van der Waals surface area contributed by atoms with Crippen LogP contribution in [0.5, 0.6) is 0 Å². The summed E-state index contributed by atoms with van der Waals surface area (Å²) in [5.41, 5.74) is 0. The van der Waals surface area contributed by atoms with Crippen molar-refractivity contribution in [3.63, 3.8) is 0 Å². The monoisotopic (exact) mass is 428 g/mol. The minimum Gasteiger partial charge on any atom is -0.591 e. The lowest BCUT2D eigenvalue weighted by Crippen LogP contribution is -2.44. The Bertz CT molecular complexity index is 404. The summed E-state index contributed by atoms with van der Waals surface area (Å²) >= 11 is 0. The van der Waals surface area contributed by atoms with Gasteiger partial charge in [-0.25, -0.2) is 0 Å². The molecule has 0 fully saturated rings. The molecule has 0 spiro atoms. The molecule has 0 aliphatic rings. The minimum absolute atomic E-state index is 0.277. The molecule has 0 saturated carbocycles. The molecule has 172 valence electrons. The van der Waals surface area contributed by atoms with Gasteiger partial charge in [-0.1, -0.05) is 114 Å². The Hall–Kier alpha value is -0.240. The Morgan fingerprint density at radius 1 is 0.690 bits per heavy atom. The molecule has 0 amide bonds. The van der Waals surface area contributed by atoms with Crippen LogP contribution in [0.2, 0.25) is 0 Å². The van der Waals surface area contributed by atoms with Crippen molar-refractivity contribution < 1.29 is 13.9 Å². The highest BCUT2D eigenvalue weighted by atomic mass is 31.1. The molecular weight excluding hydrogens is 377 g/mol. The molecule has 0 bridgehead atoms. The number of hydrogen-bond acceptors (Lipinski definition) is 2. The van der Waals surface area contributed by atoms with Crippen LogP contribution in [-0.4, -0.2) is 31.4 Å². The molecular formula is C25H51NO2P+. The first-order valence-electron chi connectivity index (χ1n) is 12.5. The minimum atomic E-state index is -2.36. The number of unbranched alkanes of at least 4 members (excludes halogenated alkanes) is 15. The van der Waals surface area contributed by atoms with Crippen molar-refractivity contribution in [3.05, 3.63) is 12.2 Å². The average Bonchev–Trinajstić information content (AvgIpc) is 2.65. The fraction of sp³-hybridized carbons (Fsp3) is 0.920. The predicted molar refractivity (Wildman–Crippen MR) is 127 cm³/mol. The van der Waals surface area contributed by atoms with Crippen LogP contribution in [0.1, 0.15) is 122 Å². The Morgan fingerprint density at radius 3 is 1.45 bits per heavy atom. The smallest absolute Gasteiger partial charge is 0.373 e. The van der Waals surface area contributed by atoms with Gasteiger partial charge in [0.1, 0.15) is 0 Å². The highest BCUT2D eigenvalue weighted by Crippen LogP contribution is 2.28. The molecule has 0 aromatic carbocycles. The summed E-state index contributed by atoms with van der Waals surface area (Å²) in [5, 5.41) is 0. The SMILES string of the molecule is CCCCCCCCCCCCCCCCC/C=C\CCC([P+](=O)[O-])[N+](C)(C)C. The fourth-order valence-corrected chi connectivity index (χ4v) is 4.82. The van der Waals surface area contributed by atoms with Gasteiger partial charge in [-0.15, -0.1) is 0 Å². The molecule has 3 nitrogen and oxygen atoms in total. The first-order chi connectivity index (χ1) is 13.9. The van der Waals surface area contributed by atoms with Gasteiger partial charge in [0.2, 0.25) is 0 Å². The molecule has 0 heterocycles. The molecule has 0 aromatic rings. The Labute approximate surface area is 183 Å². The van der Waals surface area contributed by atoms with Crippen LogP contribution < -0.4 is 4.89 Å². The second kappa shape index (κ2) is 19.7. The van der Waals surface area contributed by atoms with E-state index in [-0.39, 0.29) is 5.78 Å². The van der Waals surface area contributed by atoms with E-state index in [1.54, 1.807) is 0 Å². The first kappa shape index (κ1) is 28.8. The standard InChI is InChI=1S/C25H51NO2P/c1-5-6-7-8-9-10-11-12-13-14-15-16-17-18-19-20-21-22-23-24-25(29(27)28)26(2,3)4/h21-22,25H,5-20,23-24H2,1-4H3/q+1/b22-21-. The molecule has 2 unspecified atom stereocenters. The first-order valence-corrected chi connectivity index (χ1v) is 13.7. The molecule has 29 heavy (non-hydrogen) atoms. The summed E-state index contributed by atoms with van der Waals surface area (Å²) in [6, 6.07) is 0. The molecule has 0 radical (unpaired) electrons. The lowest BCUT2D eigenvalue weighted by atomic mass is 10.0. The van der Waals surface area contributed by atoms with Crippen molar-refractivity contribution >= 4 is 8.03 Å². The van der Waals surface area contributed by atoms with Gasteiger partial charge in [0.25, 0.3) is 5.78 Å². The molecule has 0 aliphatic heterocycles. The average molecular weight is 429 g/mol. The summed E-state index contributed by atoms with van der Waals surface area (Å²) < 4.78 is 11.9. The number of rotatable bonds is 21. The van der Waals surface area contributed by atoms with Gasteiger partial charge < -0.3 is 4.89 Å². The van der Waals surface area contributed by atoms with E-state index in [9.17, 15) is 9.46 Å². The van der Waals surface area contributed by atoms with Gasteiger partial charge in [-0.3, -0.25) is 4.48 Å². The molecule has 4 heteroatoms. The number of quaternary nitrogens is 1. The second-order valence-electron chi connectivity index (χ2n) is 9.67. The second-order valence-corrected chi connectivity index (χ2v) is 10.8. The predicted octanol–water partition coefficient (Wildman–Crippen LogP) is 7.72. The van der Waals surface area contributed by atoms with E-state index in [1.807, 2.05) is 21.1 Å². The van der Waals surface area contributed by atoms with Gasteiger partial charge in [-0.2, -0.15) is 0 Å². The van der Waals surface area contributed by atoms with E-state index in [4.69, 9.17) is 0 Å². The van der Waals surface area contributed by atoms with E-state index in [1.165, 1.54) is 96.3 Å². The third-order valence-electron chi connectivity index (χ3n) is 5.87. The highest BCUT2D eigenvalue weighted by molar-refractivity contribution is 7.37. The van der Waals surface area contributed by atoms with Gasteiger partial charge >= 0.3 is 8.03 Å². The summed E-state index contributed by atoms with van der Waals surface area (Å²) in [7, 11) is 3.50. The van der Waals surface area contributed by atoms with E-state index in [2.05, 4.69) is 19.1 Å². The van der Waals surface area contributed by atoms with Crippen molar-refractivity contribution in [2.24, 2.45) is 0 Å². The zero-order valence-electron chi connectivity index (χ0n) is 20.2. The number of hydrogen-bond donors (Lipinski definition) is 0. The van der Waals surface area contributed by atoms with Crippen LogP contribution in [0.3, 0.4) is 0 Å². The normalized spacial score (nSPS) is 13.9. The van der Waals surface area contributed by atoms with Gasteiger partial charge in [0.05, 0.1) is 27.6 Å². The van der Waals surface area contributed by atoms with Crippen LogP contribution in [0.25, 0.3) is 0 Å². The topological polar surface area (TPSA) is 40.1 Å². The number of nitrogens with zero attached hydrogens (tertiary/aromatic N) is 1. The maximum Gasteiger partial charge on any atom is 0.373 e. The van der Waals surface area contributed by atoms with Gasteiger partial charge in [0, 0.05) is 0 Å². The largest absolute Gasteiger partial charge is 0.591 e. The van der Waals surface area contributed by atoms with Crippen molar-refractivity contribution in [2.75, 3.05) is 21.1 Å². The maximum absolute atomic E-state index is 11.4. The zero-order chi connectivity index (χ0) is 21.8. The summed E-state index contributed by atoms with van der Waals surface area (Å²) in [4.78, 5) is 11.4. The lowest BCUT2D eigenvalue weighted by Gasteiger charge is -2.27. The Kier molecular flexibility index (Phi) is 19.5. The van der Waals surface area contributed by atoms with Crippen molar-refractivity contribution in [1.29, 1.82) is 0 Å².